The molecule has 190 valence electrons. The van der Waals surface area contributed by atoms with Gasteiger partial charge < -0.3 is 15.5 Å². The highest BCUT2D eigenvalue weighted by molar-refractivity contribution is 5.67. The monoisotopic (exact) mass is 478 g/mol. The van der Waals surface area contributed by atoms with Crippen LogP contribution in [0.2, 0.25) is 0 Å². The zero-order chi connectivity index (χ0) is 25.6. The summed E-state index contributed by atoms with van der Waals surface area (Å²) in [6, 6.07) is 1.27. The van der Waals surface area contributed by atoms with Crippen LogP contribution in [0.1, 0.15) is 84.8 Å². The summed E-state index contributed by atoms with van der Waals surface area (Å²) in [5.41, 5.74) is 9.52. The minimum atomic E-state index is -4.54. The topological polar surface area (TPSA) is 45.4 Å². The van der Waals surface area contributed by atoms with Gasteiger partial charge in [0.05, 0.1) is 11.6 Å². The Labute approximate surface area is 203 Å². The molecule has 1 atom stereocenters. The van der Waals surface area contributed by atoms with Gasteiger partial charge in [-0.2, -0.15) is 13.2 Å². The van der Waals surface area contributed by atoms with Crippen molar-refractivity contribution in [3.8, 4) is 0 Å². The van der Waals surface area contributed by atoms with E-state index in [0.29, 0.717) is 17.9 Å². The maximum absolute atomic E-state index is 13.4. The fourth-order valence-electron chi connectivity index (χ4n) is 4.56. The highest BCUT2D eigenvalue weighted by atomic mass is 19.4. The second-order valence-electron chi connectivity index (χ2n) is 9.57. The van der Waals surface area contributed by atoms with Gasteiger partial charge in [-0.3, -0.25) is 0 Å². The zero-order valence-electron chi connectivity index (χ0n) is 21.6. The third-order valence-corrected chi connectivity index (χ3v) is 6.33. The lowest BCUT2D eigenvalue weighted by atomic mass is 9.85. The quantitative estimate of drug-likeness (QED) is 0.339. The normalized spacial score (nSPS) is 16.6. The molecule has 1 heterocycles. The summed E-state index contributed by atoms with van der Waals surface area (Å²) in [6.07, 6.45) is 3.34. The molecule has 1 aromatic rings. The second-order valence-corrected chi connectivity index (χ2v) is 9.57. The molecule has 0 aromatic carbocycles. The van der Waals surface area contributed by atoms with Crippen molar-refractivity contribution >= 4 is 11.4 Å². The van der Waals surface area contributed by atoms with Crippen LogP contribution in [0.15, 0.2) is 42.0 Å². The molecule has 1 aliphatic carbocycles. The first-order valence-electron chi connectivity index (χ1n) is 12.4. The Morgan fingerprint density at radius 1 is 1.24 bits per heavy atom. The Balaban J connectivity index is 2.48. The van der Waals surface area contributed by atoms with Crippen molar-refractivity contribution in [2.75, 3.05) is 18.8 Å². The Kier molecular flexibility index (Phi) is 9.65. The summed E-state index contributed by atoms with van der Waals surface area (Å²) in [5, 5.41) is 0. The van der Waals surface area contributed by atoms with E-state index in [-0.39, 0.29) is 6.04 Å². The third kappa shape index (κ3) is 6.57. The first-order valence-corrected chi connectivity index (χ1v) is 12.4. The van der Waals surface area contributed by atoms with E-state index >= 15 is 0 Å². The van der Waals surface area contributed by atoms with Crippen LogP contribution < -0.4 is 5.73 Å². The molecule has 0 amide bonds. The number of alkyl halides is 3. The number of halogens is 3. The second kappa shape index (κ2) is 11.8. The van der Waals surface area contributed by atoms with Crippen LogP contribution in [0.4, 0.5) is 19.0 Å². The maximum Gasteiger partial charge on any atom is 0.419 e. The molecule has 2 rings (SSSR count). The highest BCUT2D eigenvalue weighted by Gasteiger charge is 2.36. The van der Waals surface area contributed by atoms with Gasteiger partial charge in [-0.25, -0.2) is 4.98 Å². The first kappa shape index (κ1) is 27.8. The Hall–Kier alpha value is -2.44. The van der Waals surface area contributed by atoms with E-state index < -0.39 is 17.6 Å². The van der Waals surface area contributed by atoms with E-state index in [2.05, 4.69) is 56.0 Å². The number of hydrogen-bond donors (Lipinski definition) is 1. The van der Waals surface area contributed by atoms with Crippen LogP contribution in [0, 0.1) is 5.92 Å². The number of pyridine rings is 1. The van der Waals surface area contributed by atoms with Crippen molar-refractivity contribution in [3.63, 3.8) is 0 Å². The van der Waals surface area contributed by atoms with E-state index in [4.69, 9.17) is 5.73 Å². The van der Waals surface area contributed by atoms with Gasteiger partial charge in [0.25, 0.3) is 0 Å². The van der Waals surface area contributed by atoms with E-state index in [9.17, 15) is 13.2 Å². The zero-order valence-corrected chi connectivity index (χ0v) is 21.6. The lowest BCUT2D eigenvalue weighted by molar-refractivity contribution is -0.137. The molecule has 0 saturated heterocycles. The molecule has 7 heteroatoms. The molecule has 1 aliphatic rings. The van der Waals surface area contributed by atoms with Crippen molar-refractivity contribution < 1.29 is 13.2 Å². The molecule has 34 heavy (non-hydrogen) atoms. The van der Waals surface area contributed by atoms with Crippen molar-refractivity contribution in [2.45, 2.75) is 85.9 Å². The maximum atomic E-state index is 13.4. The van der Waals surface area contributed by atoms with Crippen LogP contribution in [-0.2, 0) is 6.18 Å². The van der Waals surface area contributed by atoms with E-state index in [1.807, 2.05) is 13.1 Å². The lowest BCUT2D eigenvalue weighted by Gasteiger charge is -2.45. The lowest BCUT2D eigenvalue weighted by Crippen LogP contribution is -2.43. The van der Waals surface area contributed by atoms with Crippen LogP contribution >= 0.6 is 0 Å². The van der Waals surface area contributed by atoms with Gasteiger partial charge in [0, 0.05) is 43.3 Å². The minimum absolute atomic E-state index is 0.155. The molecule has 1 unspecified atom stereocenters. The highest BCUT2D eigenvalue weighted by Crippen LogP contribution is 2.39. The van der Waals surface area contributed by atoms with Gasteiger partial charge in [-0.1, -0.05) is 41.2 Å². The van der Waals surface area contributed by atoms with Crippen LogP contribution in [0.25, 0.3) is 5.57 Å². The van der Waals surface area contributed by atoms with Crippen molar-refractivity contribution in [3.05, 3.63) is 53.1 Å². The molecular weight excluding hydrogens is 437 g/mol. The average molecular weight is 479 g/mol. The van der Waals surface area contributed by atoms with Gasteiger partial charge in [0.2, 0.25) is 0 Å². The van der Waals surface area contributed by atoms with Crippen LogP contribution in [0.3, 0.4) is 0 Å². The van der Waals surface area contributed by atoms with Gasteiger partial charge in [0.1, 0.15) is 5.82 Å². The number of rotatable bonds is 12. The molecule has 2 N–H and O–H groups in total. The number of nitrogens with zero attached hydrogens (tertiary/aromatic N) is 3. The van der Waals surface area contributed by atoms with Gasteiger partial charge in [0.15, 0.2) is 0 Å². The molecule has 0 radical (unpaired) electrons. The first-order chi connectivity index (χ1) is 15.9. The fraction of sp³-hybridized carbons (Fsp3) is 0.593. The summed E-state index contributed by atoms with van der Waals surface area (Å²) < 4.78 is 40.3. The van der Waals surface area contributed by atoms with Crippen molar-refractivity contribution in [2.24, 2.45) is 5.92 Å². The molecule has 4 nitrogen and oxygen atoms in total. The predicted octanol–water partition coefficient (Wildman–Crippen LogP) is 7.46. The molecule has 1 aromatic heterocycles. The summed E-state index contributed by atoms with van der Waals surface area (Å²) in [7, 11) is 0. The van der Waals surface area contributed by atoms with E-state index in [1.54, 1.807) is 0 Å². The predicted molar refractivity (Wildman–Crippen MR) is 136 cm³/mol. The van der Waals surface area contributed by atoms with Crippen LogP contribution in [0.5, 0.6) is 0 Å². The van der Waals surface area contributed by atoms with Gasteiger partial charge in [-0.05, 0) is 61.3 Å². The number of anilines is 1. The Bertz CT molecular complexity index is 909. The van der Waals surface area contributed by atoms with Gasteiger partial charge in [-0.15, -0.1) is 0 Å². The van der Waals surface area contributed by atoms with Gasteiger partial charge >= 0.3 is 6.18 Å². The summed E-state index contributed by atoms with van der Waals surface area (Å²) in [6.45, 7) is 19.2. The molecule has 0 saturated carbocycles. The summed E-state index contributed by atoms with van der Waals surface area (Å²) in [5.74, 6) is -0.0776. The molecular formula is C27H41F3N4. The minimum Gasteiger partial charge on any atom is -0.383 e. The molecule has 0 spiro atoms. The van der Waals surface area contributed by atoms with E-state index in [1.165, 1.54) is 17.5 Å². The van der Waals surface area contributed by atoms with Crippen LogP contribution in [-0.4, -0.2) is 33.9 Å². The smallest absolute Gasteiger partial charge is 0.383 e. The molecule has 0 aliphatic heterocycles. The number of allylic oxidation sites excluding steroid dienone is 2. The SMILES string of the molecule is C=C(CC(C)C)N(/C=C(\CC)c1cnc(N)c(C(F)(F)F)c1)C1CC(N(CCC)CCC)=C1C. The number of hydrogen-bond acceptors (Lipinski definition) is 4. The average Bonchev–Trinajstić information content (AvgIpc) is 2.74. The fourth-order valence-corrected chi connectivity index (χ4v) is 4.56. The summed E-state index contributed by atoms with van der Waals surface area (Å²) >= 11 is 0. The number of aromatic nitrogens is 1. The Morgan fingerprint density at radius 2 is 1.85 bits per heavy atom. The Morgan fingerprint density at radius 3 is 2.32 bits per heavy atom. The number of nitrogens with two attached hydrogens (primary N) is 1. The van der Waals surface area contributed by atoms with Crippen molar-refractivity contribution in [1.82, 2.24) is 14.8 Å². The third-order valence-electron chi connectivity index (χ3n) is 6.33. The standard InChI is InChI=1S/C27H41F3N4/c1-8-11-33(12-9-2)24-15-25(20(24)7)34(19(6)13-18(4)5)17-21(10-3)22-14-23(27(28,29)30)26(31)32-16-22/h14,16-18,25H,6,8-13,15H2,1-5,7H3,(H2,31,32)/b21-17+. The molecule has 0 fully saturated rings. The van der Waals surface area contributed by atoms with Crippen molar-refractivity contribution in [1.29, 1.82) is 0 Å². The summed E-state index contributed by atoms with van der Waals surface area (Å²) in [4.78, 5) is 8.49. The molecule has 0 bridgehead atoms. The number of nitrogen functional groups attached to an aromatic ring is 1. The van der Waals surface area contributed by atoms with E-state index in [0.717, 1.165) is 56.1 Å². The largest absolute Gasteiger partial charge is 0.419 e.